The highest BCUT2D eigenvalue weighted by Gasteiger charge is 2.22. The van der Waals surface area contributed by atoms with Crippen molar-refractivity contribution in [2.24, 2.45) is 0 Å². The molecule has 0 bridgehead atoms. The molecule has 8 heteroatoms. The maximum absolute atomic E-state index is 13.8. The van der Waals surface area contributed by atoms with Gasteiger partial charge in [0.25, 0.3) is 5.91 Å². The molecule has 0 saturated heterocycles. The number of nitrogens with one attached hydrogen (secondary N) is 1. The van der Waals surface area contributed by atoms with Gasteiger partial charge in [-0.2, -0.15) is 0 Å². The van der Waals surface area contributed by atoms with Gasteiger partial charge in [0.05, 0.1) is 19.8 Å². The van der Waals surface area contributed by atoms with Crippen LogP contribution in [0.15, 0.2) is 102 Å². The summed E-state index contributed by atoms with van der Waals surface area (Å²) in [5.41, 5.74) is 2.06. The minimum Gasteiger partial charge on any atom is -0.469 e. The maximum Gasteiger partial charge on any atom is 0.309 e. The molecule has 0 saturated carbocycles. The quantitative estimate of drug-likeness (QED) is 0.244. The molecule has 2 aromatic heterocycles. The molecule has 0 fully saturated rings. The molecule has 0 unspecified atom stereocenters. The first-order chi connectivity index (χ1) is 17.6. The largest absolute Gasteiger partial charge is 0.469 e. The molecule has 1 amide bonds. The number of ether oxygens (including phenoxy) is 1. The van der Waals surface area contributed by atoms with Crippen LogP contribution in [0.5, 0.6) is 0 Å². The van der Waals surface area contributed by atoms with Crippen molar-refractivity contribution in [1.82, 2.24) is 14.9 Å². The van der Waals surface area contributed by atoms with Crippen LogP contribution in [0.1, 0.15) is 22.3 Å². The van der Waals surface area contributed by atoms with Crippen LogP contribution < -0.4 is 5.32 Å². The van der Waals surface area contributed by atoms with E-state index in [4.69, 9.17) is 4.42 Å². The average molecular weight is 483 g/mol. The van der Waals surface area contributed by atoms with Crippen LogP contribution in [0.2, 0.25) is 0 Å². The average Bonchev–Trinajstić information content (AvgIpc) is 3.46. The molecule has 182 valence electrons. The molecular formula is C28H26N4O4. The fourth-order valence-electron chi connectivity index (χ4n) is 3.47. The van der Waals surface area contributed by atoms with Gasteiger partial charge in [-0.25, -0.2) is 9.97 Å². The van der Waals surface area contributed by atoms with Gasteiger partial charge in [0.2, 0.25) is 0 Å². The lowest BCUT2D eigenvalue weighted by Crippen LogP contribution is -2.31. The summed E-state index contributed by atoms with van der Waals surface area (Å²) in [4.78, 5) is 35.9. The van der Waals surface area contributed by atoms with E-state index in [0.29, 0.717) is 29.5 Å². The van der Waals surface area contributed by atoms with Gasteiger partial charge in [0.15, 0.2) is 11.6 Å². The van der Waals surface area contributed by atoms with Crippen LogP contribution in [-0.2, 0) is 16.1 Å². The van der Waals surface area contributed by atoms with Gasteiger partial charge in [-0.05, 0) is 29.8 Å². The van der Waals surface area contributed by atoms with Crippen molar-refractivity contribution in [1.29, 1.82) is 0 Å². The molecule has 2 heterocycles. The number of rotatable bonds is 10. The van der Waals surface area contributed by atoms with Crippen LogP contribution >= 0.6 is 0 Å². The predicted octanol–water partition coefficient (Wildman–Crippen LogP) is 5.24. The zero-order chi connectivity index (χ0) is 25.2. The summed E-state index contributed by atoms with van der Waals surface area (Å²) >= 11 is 0. The van der Waals surface area contributed by atoms with Gasteiger partial charge in [0.1, 0.15) is 11.4 Å². The number of amides is 1. The zero-order valence-corrected chi connectivity index (χ0v) is 19.8. The molecule has 36 heavy (non-hydrogen) atoms. The molecule has 4 rings (SSSR count). The lowest BCUT2D eigenvalue weighted by Gasteiger charge is -2.23. The molecule has 1 N–H and O–H groups in total. The first kappa shape index (κ1) is 24.4. The smallest absolute Gasteiger partial charge is 0.309 e. The second kappa shape index (κ2) is 12.1. The predicted molar refractivity (Wildman–Crippen MR) is 136 cm³/mol. The molecule has 0 aliphatic rings. The summed E-state index contributed by atoms with van der Waals surface area (Å²) in [5, 5.41) is 3.24. The number of benzene rings is 2. The summed E-state index contributed by atoms with van der Waals surface area (Å²) < 4.78 is 10.1. The van der Waals surface area contributed by atoms with Gasteiger partial charge in [0, 0.05) is 25.0 Å². The Kier molecular flexibility index (Phi) is 8.22. The lowest BCUT2D eigenvalue weighted by molar-refractivity contribution is -0.139. The van der Waals surface area contributed by atoms with E-state index < -0.39 is 0 Å². The van der Waals surface area contributed by atoms with E-state index in [0.717, 1.165) is 11.3 Å². The van der Waals surface area contributed by atoms with Gasteiger partial charge in [-0.1, -0.05) is 60.7 Å². The Bertz CT molecular complexity index is 1310. The van der Waals surface area contributed by atoms with E-state index in [2.05, 4.69) is 20.0 Å². The van der Waals surface area contributed by atoms with Crippen LogP contribution in [0.3, 0.4) is 0 Å². The minimum atomic E-state index is -0.344. The summed E-state index contributed by atoms with van der Waals surface area (Å²) in [6.45, 7) is 0.655. The van der Waals surface area contributed by atoms with Crippen LogP contribution in [-0.4, -0.2) is 40.4 Å². The normalized spacial score (nSPS) is 10.8. The molecule has 0 radical (unpaired) electrons. The number of carbonyl (C=O) groups excluding carboxylic acids is 2. The number of furan rings is 1. The standard InChI is InChI=1S/C28H26N4O4/c1-35-25(33)16-8-9-17-32(20-21-11-4-2-5-12-21)28(34)23-19-29-27(24-15-10-18-36-24)31-26(23)30-22-13-6-3-7-14-22/h2-15,18-19H,16-17,20H2,1H3,(H,29,30,31)/b9-8+. The van der Waals surface area contributed by atoms with E-state index >= 15 is 0 Å². The molecule has 0 aliphatic heterocycles. The second-order valence-electron chi connectivity index (χ2n) is 7.85. The third-order valence-electron chi connectivity index (χ3n) is 5.31. The Morgan fingerprint density at radius 2 is 1.75 bits per heavy atom. The highest BCUT2D eigenvalue weighted by Crippen LogP contribution is 2.24. The van der Waals surface area contributed by atoms with Crippen LogP contribution in [0, 0.1) is 0 Å². The molecule has 8 nitrogen and oxygen atoms in total. The number of nitrogens with zero attached hydrogens (tertiary/aromatic N) is 3. The van der Waals surface area contributed by atoms with E-state index in [1.807, 2.05) is 60.7 Å². The molecule has 0 atom stereocenters. The van der Waals surface area contributed by atoms with Crippen molar-refractivity contribution in [2.75, 3.05) is 19.0 Å². The van der Waals surface area contributed by atoms with Gasteiger partial charge >= 0.3 is 5.97 Å². The van der Waals surface area contributed by atoms with Crippen molar-refractivity contribution < 1.29 is 18.7 Å². The Morgan fingerprint density at radius 3 is 2.44 bits per heavy atom. The Morgan fingerprint density at radius 1 is 1.00 bits per heavy atom. The monoisotopic (exact) mass is 482 g/mol. The molecular weight excluding hydrogens is 456 g/mol. The third kappa shape index (κ3) is 6.44. The first-order valence-electron chi connectivity index (χ1n) is 11.4. The topological polar surface area (TPSA) is 97.6 Å². The highest BCUT2D eigenvalue weighted by atomic mass is 16.5. The summed E-state index contributed by atoms with van der Waals surface area (Å²) in [6, 6.07) is 22.7. The van der Waals surface area contributed by atoms with Gasteiger partial charge in [-0.3, -0.25) is 9.59 Å². The number of aromatic nitrogens is 2. The van der Waals surface area contributed by atoms with Crippen molar-refractivity contribution in [3.8, 4) is 11.6 Å². The van der Waals surface area contributed by atoms with Crippen molar-refractivity contribution in [2.45, 2.75) is 13.0 Å². The van der Waals surface area contributed by atoms with E-state index in [1.54, 1.807) is 35.4 Å². The Balaban J connectivity index is 1.66. The first-order valence-corrected chi connectivity index (χ1v) is 11.4. The van der Waals surface area contributed by atoms with Crippen molar-refractivity contribution >= 4 is 23.4 Å². The molecule has 4 aromatic rings. The second-order valence-corrected chi connectivity index (χ2v) is 7.85. The number of hydrogen-bond acceptors (Lipinski definition) is 7. The third-order valence-corrected chi connectivity index (χ3v) is 5.31. The van der Waals surface area contributed by atoms with E-state index in [1.165, 1.54) is 13.3 Å². The lowest BCUT2D eigenvalue weighted by atomic mass is 10.1. The van der Waals surface area contributed by atoms with E-state index in [-0.39, 0.29) is 24.8 Å². The zero-order valence-electron chi connectivity index (χ0n) is 19.8. The maximum atomic E-state index is 13.8. The summed E-state index contributed by atoms with van der Waals surface area (Å²) in [7, 11) is 1.34. The van der Waals surface area contributed by atoms with Gasteiger partial charge < -0.3 is 19.4 Å². The number of esters is 1. The van der Waals surface area contributed by atoms with Crippen LogP contribution in [0.25, 0.3) is 11.6 Å². The molecule has 2 aromatic carbocycles. The highest BCUT2D eigenvalue weighted by molar-refractivity contribution is 5.99. The number of para-hydroxylation sites is 1. The minimum absolute atomic E-state index is 0.131. The fraction of sp³-hybridized carbons (Fsp3) is 0.143. The Labute approximate surface area is 209 Å². The number of carbonyl (C=O) groups is 2. The van der Waals surface area contributed by atoms with E-state index in [9.17, 15) is 9.59 Å². The van der Waals surface area contributed by atoms with Gasteiger partial charge in [-0.15, -0.1) is 0 Å². The number of hydrogen-bond donors (Lipinski definition) is 1. The molecule has 0 spiro atoms. The molecule has 0 aliphatic carbocycles. The van der Waals surface area contributed by atoms with Crippen molar-refractivity contribution in [3.63, 3.8) is 0 Å². The Hall–Kier alpha value is -4.72. The number of anilines is 2. The number of methoxy groups -OCH3 is 1. The SMILES string of the molecule is COC(=O)C/C=C/CN(Cc1ccccc1)C(=O)c1cnc(-c2ccco2)nc1Nc1ccccc1. The summed E-state index contributed by atoms with van der Waals surface area (Å²) in [6.07, 6.45) is 6.65. The van der Waals surface area contributed by atoms with Crippen molar-refractivity contribution in [3.05, 3.63) is 109 Å². The summed E-state index contributed by atoms with van der Waals surface area (Å²) in [5.74, 6) is 0.623. The van der Waals surface area contributed by atoms with Crippen LogP contribution in [0.4, 0.5) is 11.5 Å². The fourth-order valence-corrected chi connectivity index (χ4v) is 3.47.